The van der Waals surface area contributed by atoms with Crippen LogP contribution in [0.5, 0.6) is 0 Å². The molecule has 0 saturated heterocycles. The van der Waals surface area contributed by atoms with Crippen molar-refractivity contribution in [1.82, 2.24) is 4.90 Å². The van der Waals surface area contributed by atoms with Gasteiger partial charge in [-0.1, -0.05) is 50.5 Å². The number of rotatable bonds is 7. The summed E-state index contributed by atoms with van der Waals surface area (Å²) in [7, 11) is 1.99. The second-order valence-corrected chi connectivity index (χ2v) is 6.77. The Morgan fingerprint density at radius 3 is 2.18 bits per heavy atom. The minimum Gasteiger partial charge on any atom is -0.377 e. The molecule has 0 aromatic rings. The monoisotopic (exact) mass is 305 g/mol. The summed E-state index contributed by atoms with van der Waals surface area (Å²) >= 11 is 0. The van der Waals surface area contributed by atoms with Crippen molar-refractivity contribution < 1.29 is 5.11 Å². The van der Waals surface area contributed by atoms with Crippen LogP contribution in [0.25, 0.3) is 0 Å². The van der Waals surface area contributed by atoms with Crippen LogP contribution in [0.4, 0.5) is 0 Å². The molecule has 0 fully saturated rings. The summed E-state index contributed by atoms with van der Waals surface area (Å²) in [5, 5.41) is 10.7. The molecule has 2 heteroatoms. The molecule has 3 unspecified atom stereocenters. The zero-order valence-electron chi connectivity index (χ0n) is 15.6. The quantitative estimate of drug-likeness (QED) is 0.675. The molecule has 0 aliphatic heterocycles. The maximum Gasteiger partial charge on any atom is 0.117 e. The van der Waals surface area contributed by atoms with Crippen LogP contribution < -0.4 is 0 Å². The van der Waals surface area contributed by atoms with Crippen molar-refractivity contribution in [2.24, 2.45) is 11.8 Å². The van der Waals surface area contributed by atoms with E-state index in [1.54, 1.807) is 0 Å². The summed E-state index contributed by atoms with van der Waals surface area (Å²) in [5.74, 6) is 0.723. The van der Waals surface area contributed by atoms with Crippen LogP contribution in [0.2, 0.25) is 0 Å². The molecule has 3 atom stereocenters. The van der Waals surface area contributed by atoms with Crippen molar-refractivity contribution in [2.75, 3.05) is 13.6 Å². The SMILES string of the molecule is CCCC(CC)C1=C(C)C=C(C)C(C(O)N(C)CC)C(C)=C1. The molecule has 0 radical (unpaired) electrons. The van der Waals surface area contributed by atoms with Gasteiger partial charge in [-0.2, -0.15) is 0 Å². The molecule has 22 heavy (non-hydrogen) atoms. The highest BCUT2D eigenvalue weighted by Gasteiger charge is 2.28. The molecule has 1 aliphatic rings. The van der Waals surface area contributed by atoms with Crippen molar-refractivity contribution in [3.05, 3.63) is 34.4 Å². The van der Waals surface area contributed by atoms with Crippen molar-refractivity contribution in [3.8, 4) is 0 Å². The van der Waals surface area contributed by atoms with Gasteiger partial charge in [0.25, 0.3) is 0 Å². The molecule has 0 aromatic carbocycles. The highest BCUT2D eigenvalue weighted by atomic mass is 16.3. The Kier molecular flexibility index (Phi) is 7.58. The molecule has 1 rings (SSSR count). The third kappa shape index (κ3) is 4.33. The number of hydrogen-bond acceptors (Lipinski definition) is 2. The maximum absolute atomic E-state index is 10.7. The summed E-state index contributed by atoms with van der Waals surface area (Å²) < 4.78 is 0. The molecule has 0 spiro atoms. The van der Waals surface area contributed by atoms with E-state index in [2.05, 4.69) is 53.7 Å². The first-order valence-corrected chi connectivity index (χ1v) is 8.82. The molecule has 0 aromatic heterocycles. The molecule has 0 heterocycles. The lowest BCUT2D eigenvalue weighted by molar-refractivity contribution is 0.000199. The fourth-order valence-electron chi connectivity index (χ4n) is 3.60. The lowest BCUT2D eigenvalue weighted by atomic mass is 9.87. The van der Waals surface area contributed by atoms with Crippen LogP contribution in [-0.2, 0) is 0 Å². The smallest absolute Gasteiger partial charge is 0.117 e. The van der Waals surface area contributed by atoms with E-state index in [-0.39, 0.29) is 5.92 Å². The van der Waals surface area contributed by atoms with E-state index >= 15 is 0 Å². The van der Waals surface area contributed by atoms with E-state index in [9.17, 15) is 5.11 Å². The number of hydrogen-bond donors (Lipinski definition) is 1. The summed E-state index contributed by atoms with van der Waals surface area (Å²) in [5.41, 5.74) is 5.38. The van der Waals surface area contributed by atoms with Gasteiger partial charge in [0, 0.05) is 5.92 Å². The number of aliphatic hydroxyl groups excluding tert-OH is 1. The van der Waals surface area contributed by atoms with E-state index in [1.165, 1.54) is 41.6 Å². The zero-order valence-corrected chi connectivity index (χ0v) is 15.6. The Balaban J connectivity index is 3.22. The van der Waals surface area contributed by atoms with E-state index in [0.717, 1.165) is 6.54 Å². The number of allylic oxidation sites excluding steroid dienone is 4. The number of nitrogens with zero attached hydrogens (tertiary/aromatic N) is 1. The van der Waals surface area contributed by atoms with Gasteiger partial charge >= 0.3 is 0 Å². The van der Waals surface area contributed by atoms with Gasteiger partial charge in [-0.25, -0.2) is 0 Å². The zero-order chi connectivity index (χ0) is 16.9. The number of aliphatic hydroxyl groups is 1. The first-order chi connectivity index (χ1) is 10.4. The molecule has 126 valence electrons. The van der Waals surface area contributed by atoms with Gasteiger partial charge in [0.1, 0.15) is 6.23 Å². The Morgan fingerprint density at radius 1 is 1.09 bits per heavy atom. The van der Waals surface area contributed by atoms with Crippen LogP contribution in [-0.4, -0.2) is 29.8 Å². The van der Waals surface area contributed by atoms with Crippen LogP contribution >= 0.6 is 0 Å². The molecule has 0 amide bonds. The maximum atomic E-state index is 10.7. The Labute approximate surface area is 137 Å². The van der Waals surface area contributed by atoms with E-state index in [0.29, 0.717) is 5.92 Å². The van der Waals surface area contributed by atoms with Crippen LogP contribution in [0.3, 0.4) is 0 Å². The summed E-state index contributed by atoms with van der Waals surface area (Å²) in [4.78, 5) is 2.02. The normalized spacial score (nSPS) is 22.3. The van der Waals surface area contributed by atoms with Crippen molar-refractivity contribution in [1.29, 1.82) is 0 Å². The molecule has 1 N–H and O–H groups in total. The second-order valence-electron chi connectivity index (χ2n) is 6.77. The van der Waals surface area contributed by atoms with Gasteiger partial charge in [-0.05, 0) is 64.3 Å². The molecular formula is C20H35NO. The highest BCUT2D eigenvalue weighted by molar-refractivity contribution is 5.43. The van der Waals surface area contributed by atoms with Gasteiger partial charge in [0.15, 0.2) is 0 Å². The molecule has 0 bridgehead atoms. The van der Waals surface area contributed by atoms with E-state index in [4.69, 9.17) is 0 Å². The van der Waals surface area contributed by atoms with Crippen molar-refractivity contribution >= 4 is 0 Å². The van der Waals surface area contributed by atoms with Crippen molar-refractivity contribution in [3.63, 3.8) is 0 Å². The van der Waals surface area contributed by atoms with Crippen LogP contribution in [0.1, 0.15) is 60.8 Å². The van der Waals surface area contributed by atoms with Gasteiger partial charge < -0.3 is 5.11 Å². The lowest BCUT2D eigenvalue weighted by Crippen LogP contribution is -2.38. The second kappa shape index (κ2) is 8.69. The standard InChI is InChI=1S/C20H35NO/c1-8-11-17(9-2)18-13-16(6)19(15(5)12-14(18)4)20(22)21(7)10-3/h12-13,17,19-20,22H,8-11H2,1-7H3. The minimum atomic E-state index is -0.448. The molecule has 1 aliphatic carbocycles. The van der Waals surface area contributed by atoms with Crippen LogP contribution in [0.15, 0.2) is 34.4 Å². The molecule has 2 nitrogen and oxygen atoms in total. The first-order valence-electron chi connectivity index (χ1n) is 8.82. The fourth-order valence-corrected chi connectivity index (χ4v) is 3.60. The summed E-state index contributed by atoms with van der Waals surface area (Å²) in [6.45, 7) is 14.0. The fraction of sp³-hybridized carbons (Fsp3) is 0.700. The minimum absolute atomic E-state index is 0.0940. The van der Waals surface area contributed by atoms with Gasteiger partial charge in [0.2, 0.25) is 0 Å². The average molecular weight is 306 g/mol. The van der Waals surface area contributed by atoms with E-state index in [1.807, 2.05) is 11.9 Å². The largest absolute Gasteiger partial charge is 0.377 e. The summed E-state index contributed by atoms with van der Waals surface area (Å²) in [6, 6.07) is 0. The third-order valence-electron chi connectivity index (χ3n) is 5.08. The highest BCUT2D eigenvalue weighted by Crippen LogP contribution is 2.35. The molecular weight excluding hydrogens is 270 g/mol. The van der Waals surface area contributed by atoms with Gasteiger partial charge in [-0.3, -0.25) is 4.90 Å². The Morgan fingerprint density at radius 2 is 1.68 bits per heavy atom. The predicted molar refractivity (Wildman–Crippen MR) is 96.7 cm³/mol. The predicted octanol–water partition coefficient (Wildman–Crippen LogP) is 4.92. The Hall–Kier alpha value is -0.860. The van der Waals surface area contributed by atoms with Gasteiger partial charge in [0.05, 0.1) is 0 Å². The lowest BCUT2D eigenvalue weighted by Gasteiger charge is -2.31. The Bertz CT molecular complexity index is 458. The summed E-state index contributed by atoms with van der Waals surface area (Å²) in [6.07, 6.45) is 7.83. The molecule has 0 saturated carbocycles. The first kappa shape index (κ1) is 19.2. The topological polar surface area (TPSA) is 23.5 Å². The van der Waals surface area contributed by atoms with Crippen molar-refractivity contribution in [2.45, 2.75) is 67.0 Å². The van der Waals surface area contributed by atoms with E-state index < -0.39 is 6.23 Å². The van der Waals surface area contributed by atoms with Crippen LogP contribution in [0, 0.1) is 11.8 Å². The van der Waals surface area contributed by atoms with Gasteiger partial charge in [-0.15, -0.1) is 0 Å². The average Bonchev–Trinajstić information content (AvgIpc) is 2.59. The third-order valence-corrected chi connectivity index (χ3v) is 5.08.